The second-order valence-electron chi connectivity index (χ2n) is 10.1. The van der Waals surface area contributed by atoms with E-state index in [0.29, 0.717) is 36.8 Å². The molecule has 0 saturated carbocycles. The molecule has 0 bridgehead atoms. The third-order valence-corrected chi connectivity index (χ3v) is 7.31. The van der Waals surface area contributed by atoms with Gasteiger partial charge in [0.05, 0.1) is 19.3 Å². The minimum atomic E-state index is -1.39. The van der Waals surface area contributed by atoms with E-state index in [9.17, 15) is 19.5 Å². The molecule has 3 rings (SSSR count). The lowest BCUT2D eigenvalue weighted by Crippen LogP contribution is -2.60. The van der Waals surface area contributed by atoms with Gasteiger partial charge in [-0.3, -0.25) is 4.79 Å². The van der Waals surface area contributed by atoms with Crippen LogP contribution in [0.4, 0.5) is 4.79 Å². The first-order chi connectivity index (χ1) is 19.2. The number of rotatable bonds is 14. The summed E-state index contributed by atoms with van der Waals surface area (Å²) < 4.78 is 17.0. The highest BCUT2D eigenvalue weighted by atomic mass is 16.5. The first-order valence-electron chi connectivity index (χ1n) is 14.1. The Morgan fingerprint density at radius 2 is 1.62 bits per heavy atom. The third-order valence-electron chi connectivity index (χ3n) is 7.31. The molecule has 0 aliphatic carbocycles. The van der Waals surface area contributed by atoms with E-state index in [0.717, 1.165) is 24.8 Å². The van der Waals surface area contributed by atoms with E-state index in [4.69, 9.17) is 14.2 Å². The quantitative estimate of drug-likeness (QED) is 0.237. The number of nitrogens with zero attached hydrogens (tertiary/aromatic N) is 1. The van der Waals surface area contributed by atoms with Crippen LogP contribution < -0.4 is 14.8 Å². The molecule has 40 heavy (non-hydrogen) atoms. The van der Waals surface area contributed by atoms with Gasteiger partial charge >= 0.3 is 12.0 Å². The SMILES string of the molecule is CCOc1cc([C@@H](C)N(CCCCc2ccccc2)C(=O)NC2(C(=O)O)CCOCC2)cc(OCC)c1C(C)=O. The van der Waals surface area contributed by atoms with E-state index < -0.39 is 23.6 Å². The van der Waals surface area contributed by atoms with Gasteiger partial charge in [0.1, 0.15) is 22.6 Å². The fraction of sp³-hybridized carbons (Fsp3) is 0.516. The van der Waals surface area contributed by atoms with Crippen molar-refractivity contribution in [2.75, 3.05) is 33.0 Å². The first kappa shape index (κ1) is 30.9. The number of carboxylic acid groups (broad SMARTS) is 1. The molecule has 218 valence electrons. The normalized spacial score (nSPS) is 15.1. The number of hydrogen-bond donors (Lipinski definition) is 2. The number of ether oxygens (including phenoxy) is 3. The highest BCUT2D eigenvalue weighted by molar-refractivity contribution is 5.99. The van der Waals surface area contributed by atoms with Gasteiger partial charge in [0.25, 0.3) is 0 Å². The molecule has 1 saturated heterocycles. The van der Waals surface area contributed by atoms with Crippen molar-refractivity contribution in [1.29, 1.82) is 0 Å². The lowest BCUT2D eigenvalue weighted by Gasteiger charge is -2.38. The van der Waals surface area contributed by atoms with Gasteiger partial charge in [-0.05, 0) is 70.2 Å². The summed E-state index contributed by atoms with van der Waals surface area (Å²) >= 11 is 0. The third kappa shape index (κ3) is 7.75. The fourth-order valence-corrected chi connectivity index (χ4v) is 5.03. The number of ketones is 1. The Balaban J connectivity index is 1.92. The van der Waals surface area contributed by atoms with Gasteiger partial charge in [-0.25, -0.2) is 9.59 Å². The van der Waals surface area contributed by atoms with Crippen LogP contribution in [-0.4, -0.2) is 66.3 Å². The molecule has 9 heteroatoms. The maximum Gasteiger partial charge on any atom is 0.329 e. The lowest BCUT2D eigenvalue weighted by molar-refractivity contribution is -0.148. The second kappa shape index (κ2) is 14.7. The largest absolute Gasteiger partial charge is 0.493 e. The molecule has 2 amide bonds. The molecule has 2 N–H and O–H groups in total. The number of unbranched alkanes of at least 4 members (excludes halogenated alkanes) is 1. The van der Waals surface area contributed by atoms with E-state index in [2.05, 4.69) is 17.4 Å². The van der Waals surface area contributed by atoms with Gasteiger partial charge in [-0.1, -0.05) is 30.3 Å². The molecule has 1 fully saturated rings. The number of Topliss-reactive ketones (excluding diaryl/α,β-unsaturated/α-hetero) is 1. The molecule has 1 aliphatic heterocycles. The number of aliphatic carboxylic acids is 1. The fourth-order valence-electron chi connectivity index (χ4n) is 5.03. The number of carbonyl (C=O) groups excluding carboxylic acids is 2. The number of hydrogen-bond acceptors (Lipinski definition) is 6. The second-order valence-corrected chi connectivity index (χ2v) is 10.1. The number of nitrogens with one attached hydrogen (secondary N) is 1. The summed E-state index contributed by atoms with van der Waals surface area (Å²) in [6.45, 7) is 8.69. The van der Waals surface area contributed by atoms with Crippen molar-refractivity contribution in [2.24, 2.45) is 0 Å². The zero-order valence-electron chi connectivity index (χ0n) is 24.0. The van der Waals surface area contributed by atoms with Crippen LogP contribution in [0.2, 0.25) is 0 Å². The molecule has 9 nitrogen and oxygen atoms in total. The monoisotopic (exact) mass is 554 g/mol. The highest BCUT2D eigenvalue weighted by Gasteiger charge is 2.43. The molecule has 1 aliphatic rings. The number of benzene rings is 2. The van der Waals surface area contributed by atoms with Crippen molar-refractivity contribution in [3.63, 3.8) is 0 Å². The van der Waals surface area contributed by atoms with E-state index in [-0.39, 0.29) is 31.8 Å². The molecule has 1 heterocycles. The Morgan fingerprint density at radius 1 is 1.02 bits per heavy atom. The topological polar surface area (TPSA) is 114 Å². The van der Waals surface area contributed by atoms with E-state index >= 15 is 0 Å². The maximum atomic E-state index is 13.8. The van der Waals surface area contributed by atoms with Gasteiger partial charge in [0, 0.05) is 32.6 Å². The van der Waals surface area contributed by atoms with Gasteiger partial charge in [0.15, 0.2) is 5.78 Å². The van der Waals surface area contributed by atoms with E-state index in [1.165, 1.54) is 12.5 Å². The lowest BCUT2D eigenvalue weighted by atomic mass is 9.90. The Bertz CT molecular complexity index is 1120. The Kier molecular flexibility index (Phi) is 11.4. The van der Waals surface area contributed by atoms with Crippen LogP contribution in [0.25, 0.3) is 0 Å². The summed E-state index contributed by atoms with van der Waals surface area (Å²) in [6, 6.07) is 12.8. The predicted molar refractivity (Wildman–Crippen MR) is 152 cm³/mol. The number of aryl methyl sites for hydroxylation is 1. The minimum absolute atomic E-state index is 0.176. The average Bonchev–Trinajstić information content (AvgIpc) is 2.93. The van der Waals surface area contributed by atoms with Crippen LogP contribution in [0, 0.1) is 0 Å². The molecule has 0 spiro atoms. The van der Waals surface area contributed by atoms with Crippen molar-refractivity contribution < 1.29 is 33.7 Å². The molecule has 2 aromatic carbocycles. The van der Waals surface area contributed by atoms with Crippen molar-refractivity contribution in [3.8, 4) is 11.5 Å². The zero-order valence-corrected chi connectivity index (χ0v) is 24.0. The van der Waals surface area contributed by atoms with Gasteiger partial charge in [-0.2, -0.15) is 0 Å². The number of urea groups is 1. The van der Waals surface area contributed by atoms with Crippen molar-refractivity contribution in [1.82, 2.24) is 10.2 Å². The molecular weight excluding hydrogens is 512 g/mol. The Labute approximate surface area is 236 Å². The molecule has 0 aromatic heterocycles. The predicted octanol–water partition coefficient (Wildman–Crippen LogP) is 5.42. The van der Waals surface area contributed by atoms with Gasteiger partial charge < -0.3 is 29.5 Å². The van der Waals surface area contributed by atoms with E-state index in [1.54, 1.807) is 17.0 Å². The van der Waals surface area contributed by atoms with Crippen LogP contribution in [-0.2, 0) is 16.0 Å². The molecular formula is C31H42N2O7. The van der Waals surface area contributed by atoms with Crippen LogP contribution in [0.15, 0.2) is 42.5 Å². The van der Waals surface area contributed by atoms with Crippen molar-refractivity contribution in [2.45, 2.75) is 71.4 Å². The molecule has 0 radical (unpaired) electrons. The summed E-state index contributed by atoms with van der Waals surface area (Å²) in [5.41, 5.74) is 0.932. The summed E-state index contributed by atoms with van der Waals surface area (Å²) in [7, 11) is 0. The van der Waals surface area contributed by atoms with Crippen LogP contribution in [0.3, 0.4) is 0 Å². The van der Waals surface area contributed by atoms with Crippen LogP contribution in [0.5, 0.6) is 11.5 Å². The number of carboxylic acids is 1. The summed E-state index contributed by atoms with van der Waals surface area (Å²) in [4.78, 5) is 40.2. The number of amides is 2. The van der Waals surface area contributed by atoms with Crippen LogP contribution in [0.1, 0.15) is 80.9 Å². The molecule has 0 unspecified atom stereocenters. The standard InChI is InChI=1S/C31H42N2O7/c1-5-39-26-20-25(21-27(40-6-2)28(26)23(4)34)22(3)33(17-11-10-14-24-12-8-7-9-13-24)30(37)32-31(29(35)36)15-18-38-19-16-31/h7-9,12-13,20-22H,5-6,10-11,14-19H2,1-4H3,(H,32,37)(H,35,36)/t22-/m1/s1. The molecule has 1 atom stereocenters. The average molecular weight is 555 g/mol. The van der Waals surface area contributed by atoms with Crippen molar-refractivity contribution >= 4 is 17.8 Å². The van der Waals surface area contributed by atoms with Crippen LogP contribution >= 0.6 is 0 Å². The summed E-state index contributed by atoms with van der Waals surface area (Å²) in [6.07, 6.45) is 2.84. The Morgan fingerprint density at radius 3 is 2.15 bits per heavy atom. The Hall–Kier alpha value is -3.59. The minimum Gasteiger partial charge on any atom is -0.493 e. The zero-order chi connectivity index (χ0) is 29.1. The first-order valence-corrected chi connectivity index (χ1v) is 14.1. The summed E-state index contributed by atoms with van der Waals surface area (Å²) in [5.74, 6) is -0.439. The number of carbonyl (C=O) groups is 3. The summed E-state index contributed by atoms with van der Waals surface area (Å²) in [5, 5.41) is 12.9. The highest BCUT2D eigenvalue weighted by Crippen LogP contribution is 2.36. The maximum absolute atomic E-state index is 13.8. The smallest absolute Gasteiger partial charge is 0.329 e. The van der Waals surface area contributed by atoms with E-state index in [1.807, 2.05) is 39.0 Å². The van der Waals surface area contributed by atoms with Gasteiger partial charge in [0.2, 0.25) is 0 Å². The molecule has 2 aromatic rings. The van der Waals surface area contributed by atoms with Crippen molar-refractivity contribution in [3.05, 3.63) is 59.2 Å². The van der Waals surface area contributed by atoms with Gasteiger partial charge in [-0.15, -0.1) is 0 Å².